The Morgan fingerprint density at radius 2 is 2.22 bits per heavy atom. The fraction of sp³-hybridized carbons (Fsp3) is 0.455. The summed E-state index contributed by atoms with van der Waals surface area (Å²) in [6.07, 6.45) is 0.772. The number of nitrogens with two attached hydrogens (primary N) is 1. The van der Waals surface area contributed by atoms with Gasteiger partial charge in [0.25, 0.3) is 0 Å². The Morgan fingerprint density at radius 3 is 2.78 bits per heavy atom. The first-order valence-electron chi connectivity index (χ1n) is 5.60. The summed E-state index contributed by atoms with van der Waals surface area (Å²) in [5.74, 6) is -0.263. The molecule has 1 aliphatic rings. The summed E-state index contributed by atoms with van der Waals surface area (Å²) in [5.41, 5.74) is 5.55. The summed E-state index contributed by atoms with van der Waals surface area (Å²) in [4.78, 5) is 0.0987. The minimum Gasteiger partial charge on any atom is -0.330 e. The minimum atomic E-state index is -3.56. The lowest BCUT2D eigenvalue weighted by Crippen LogP contribution is -2.30. The van der Waals surface area contributed by atoms with Crippen LogP contribution in [0, 0.1) is 11.7 Å². The number of halogens is 2. The van der Waals surface area contributed by atoms with Crippen molar-refractivity contribution in [3.05, 3.63) is 28.5 Å². The second-order valence-corrected chi connectivity index (χ2v) is 7.09. The molecule has 1 fully saturated rings. The van der Waals surface area contributed by atoms with Crippen molar-refractivity contribution in [2.75, 3.05) is 19.6 Å². The van der Waals surface area contributed by atoms with E-state index in [1.54, 1.807) is 0 Å². The van der Waals surface area contributed by atoms with E-state index >= 15 is 0 Å². The lowest BCUT2D eigenvalue weighted by molar-refractivity contribution is 0.458. The van der Waals surface area contributed by atoms with Crippen LogP contribution in [-0.4, -0.2) is 32.4 Å². The molecule has 1 saturated heterocycles. The Labute approximate surface area is 114 Å². The van der Waals surface area contributed by atoms with Crippen LogP contribution in [0.3, 0.4) is 0 Å². The van der Waals surface area contributed by atoms with E-state index in [1.165, 1.54) is 10.4 Å². The first-order chi connectivity index (χ1) is 8.45. The molecule has 18 heavy (non-hydrogen) atoms. The van der Waals surface area contributed by atoms with Crippen molar-refractivity contribution in [1.82, 2.24) is 4.31 Å². The Kier molecular flexibility index (Phi) is 4.05. The minimum absolute atomic E-state index is 0.0987. The maximum atomic E-state index is 13.0. The van der Waals surface area contributed by atoms with E-state index in [-0.39, 0.29) is 15.3 Å². The van der Waals surface area contributed by atoms with E-state index < -0.39 is 15.8 Å². The van der Waals surface area contributed by atoms with Gasteiger partial charge in [-0.3, -0.25) is 0 Å². The molecule has 2 N–H and O–H groups in total. The number of hydrogen-bond acceptors (Lipinski definition) is 3. The van der Waals surface area contributed by atoms with Crippen LogP contribution in [0.1, 0.15) is 6.42 Å². The largest absolute Gasteiger partial charge is 0.330 e. The summed E-state index contributed by atoms with van der Waals surface area (Å²) in [6.45, 7) is 1.38. The second-order valence-electron chi connectivity index (χ2n) is 4.33. The molecule has 1 aromatic carbocycles. The van der Waals surface area contributed by atoms with E-state index in [9.17, 15) is 12.8 Å². The molecule has 0 aromatic heterocycles. The van der Waals surface area contributed by atoms with Crippen LogP contribution in [0.2, 0.25) is 0 Å². The average molecular weight is 337 g/mol. The van der Waals surface area contributed by atoms with Crippen molar-refractivity contribution in [3.8, 4) is 0 Å². The quantitative estimate of drug-likeness (QED) is 0.910. The highest BCUT2D eigenvalue weighted by Gasteiger charge is 2.33. The maximum absolute atomic E-state index is 13.0. The highest BCUT2D eigenvalue weighted by Crippen LogP contribution is 2.29. The molecule has 4 nitrogen and oxygen atoms in total. The maximum Gasteiger partial charge on any atom is 0.244 e. The van der Waals surface area contributed by atoms with Crippen molar-refractivity contribution in [2.45, 2.75) is 11.3 Å². The molecular formula is C11H14BrFN2O2S. The highest BCUT2D eigenvalue weighted by atomic mass is 79.9. The SMILES string of the molecule is NCC1CCN(S(=O)(=O)c2ccc(F)cc2Br)C1. The molecule has 0 bridgehead atoms. The predicted octanol–water partition coefficient (Wildman–Crippen LogP) is 1.56. The Balaban J connectivity index is 2.31. The molecule has 0 saturated carbocycles. The number of nitrogens with zero attached hydrogens (tertiary/aromatic N) is 1. The van der Waals surface area contributed by atoms with Crippen LogP contribution in [0.5, 0.6) is 0 Å². The van der Waals surface area contributed by atoms with Gasteiger partial charge in [0.2, 0.25) is 10.0 Å². The molecule has 0 aliphatic carbocycles. The molecule has 1 aliphatic heterocycles. The molecule has 1 heterocycles. The van der Waals surface area contributed by atoms with Gasteiger partial charge in [-0.15, -0.1) is 0 Å². The van der Waals surface area contributed by atoms with Crippen LogP contribution in [0.15, 0.2) is 27.6 Å². The second kappa shape index (κ2) is 5.24. The fourth-order valence-corrected chi connectivity index (χ4v) is 4.57. The van der Waals surface area contributed by atoms with Gasteiger partial charge in [-0.25, -0.2) is 12.8 Å². The van der Waals surface area contributed by atoms with Crippen molar-refractivity contribution >= 4 is 26.0 Å². The monoisotopic (exact) mass is 336 g/mol. The van der Waals surface area contributed by atoms with Crippen LogP contribution >= 0.6 is 15.9 Å². The van der Waals surface area contributed by atoms with Gasteiger partial charge in [-0.2, -0.15) is 4.31 Å². The molecule has 1 aromatic rings. The topological polar surface area (TPSA) is 63.4 Å². The smallest absolute Gasteiger partial charge is 0.244 e. The molecular weight excluding hydrogens is 323 g/mol. The van der Waals surface area contributed by atoms with Gasteiger partial charge in [0.15, 0.2) is 0 Å². The van der Waals surface area contributed by atoms with Gasteiger partial charge >= 0.3 is 0 Å². The molecule has 7 heteroatoms. The zero-order valence-electron chi connectivity index (χ0n) is 9.64. The number of benzene rings is 1. The van der Waals surface area contributed by atoms with E-state index in [1.807, 2.05) is 0 Å². The zero-order chi connectivity index (χ0) is 13.3. The molecule has 2 rings (SSSR count). The normalized spacial score (nSPS) is 21.4. The fourth-order valence-electron chi connectivity index (χ4n) is 2.03. The van der Waals surface area contributed by atoms with Gasteiger partial charge in [0.05, 0.1) is 4.90 Å². The first kappa shape index (κ1) is 13.9. The van der Waals surface area contributed by atoms with Crippen molar-refractivity contribution < 1.29 is 12.8 Å². The molecule has 1 unspecified atom stereocenters. The van der Waals surface area contributed by atoms with E-state index in [4.69, 9.17) is 5.73 Å². The summed E-state index contributed by atoms with van der Waals surface area (Å²) >= 11 is 3.09. The summed E-state index contributed by atoms with van der Waals surface area (Å²) < 4.78 is 39.4. The Hall–Kier alpha value is -0.500. The molecule has 0 radical (unpaired) electrons. The first-order valence-corrected chi connectivity index (χ1v) is 7.83. The van der Waals surface area contributed by atoms with Crippen molar-refractivity contribution in [3.63, 3.8) is 0 Å². The van der Waals surface area contributed by atoms with Gasteiger partial charge in [0, 0.05) is 17.6 Å². The van der Waals surface area contributed by atoms with E-state index in [0.29, 0.717) is 19.6 Å². The number of hydrogen-bond donors (Lipinski definition) is 1. The average Bonchev–Trinajstić information content (AvgIpc) is 2.77. The Morgan fingerprint density at radius 1 is 1.50 bits per heavy atom. The lowest BCUT2D eigenvalue weighted by Gasteiger charge is -2.17. The van der Waals surface area contributed by atoms with Crippen LogP contribution in [0.4, 0.5) is 4.39 Å². The molecule has 100 valence electrons. The summed E-state index contributed by atoms with van der Waals surface area (Å²) in [5, 5.41) is 0. The van der Waals surface area contributed by atoms with E-state index in [2.05, 4.69) is 15.9 Å². The van der Waals surface area contributed by atoms with E-state index in [0.717, 1.165) is 18.6 Å². The van der Waals surface area contributed by atoms with Gasteiger partial charge in [-0.05, 0) is 53.0 Å². The Bertz CT molecular complexity index is 550. The molecule has 0 spiro atoms. The third-order valence-corrected chi connectivity index (χ3v) is 5.94. The molecule has 0 amide bonds. The highest BCUT2D eigenvalue weighted by molar-refractivity contribution is 9.10. The third kappa shape index (κ3) is 2.59. The lowest BCUT2D eigenvalue weighted by atomic mass is 10.1. The van der Waals surface area contributed by atoms with Gasteiger partial charge < -0.3 is 5.73 Å². The predicted molar refractivity (Wildman–Crippen MR) is 70.0 cm³/mol. The van der Waals surface area contributed by atoms with Crippen molar-refractivity contribution in [1.29, 1.82) is 0 Å². The number of rotatable bonds is 3. The van der Waals surface area contributed by atoms with Crippen LogP contribution < -0.4 is 5.73 Å². The van der Waals surface area contributed by atoms with Crippen LogP contribution in [-0.2, 0) is 10.0 Å². The van der Waals surface area contributed by atoms with Gasteiger partial charge in [0.1, 0.15) is 5.82 Å². The summed E-state index contributed by atoms with van der Waals surface area (Å²) in [7, 11) is -3.56. The zero-order valence-corrected chi connectivity index (χ0v) is 12.0. The van der Waals surface area contributed by atoms with Gasteiger partial charge in [-0.1, -0.05) is 0 Å². The molecule has 1 atom stereocenters. The number of sulfonamides is 1. The summed E-state index contributed by atoms with van der Waals surface area (Å²) in [6, 6.07) is 3.59. The third-order valence-electron chi connectivity index (χ3n) is 3.09. The van der Waals surface area contributed by atoms with Crippen LogP contribution in [0.25, 0.3) is 0 Å². The van der Waals surface area contributed by atoms with Crippen molar-refractivity contribution in [2.24, 2.45) is 11.7 Å². The standard InChI is InChI=1S/C11H14BrFN2O2S/c12-10-5-9(13)1-2-11(10)18(16,17)15-4-3-8(6-14)7-15/h1-2,5,8H,3-4,6-7,14H2.